The van der Waals surface area contributed by atoms with Crippen molar-refractivity contribution in [2.24, 2.45) is 0 Å². The number of hydrogen-bond acceptors (Lipinski definition) is 2. The normalized spacial score (nSPS) is 11.2. The fourth-order valence-corrected chi connectivity index (χ4v) is 2.66. The summed E-state index contributed by atoms with van der Waals surface area (Å²) < 4.78 is 0. The Kier molecular flexibility index (Phi) is 7.37. The molecule has 0 spiro atoms. The van der Waals surface area contributed by atoms with E-state index >= 15 is 0 Å². The van der Waals surface area contributed by atoms with E-state index < -0.39 is 0 Å². The van der Waals surface area contributed by atoms with Gasteiger partial charge < -0.3 is 5.32 Å². The quantitative estimate of drug-likeness (QED) is 0.692. The molecule has 0 saturated heterocycles. The third kappa shape index (κ3) is 5.43. The van der Waals surface area contributed by atoms with E-state index in [0.29, 0.717) is 0 Å². The van der Waals surface area contributed by atoms with Gasteiger partial charge in [-0.15, -0.1) is 0 Å². The predicted octanol–water partition coefficient (Wildman–Crippen LogP) is 5.52. The van der Waals surface area contributed by atoms with Crippen molar-refractivity contribution in [2.45, 2.75) is 25.0 Å². The van der Waals surface area contributed by atoms with Gasteiger partial charge in [-0.05, 0) is 18.1 Å². The van der Waals surface area contributed by atoms with E-state index in [0.717, 1.165) is 29.7 Å². The molecule has 0 aromatic heterocycles. The minimum Gasteiger partial charge on any atom is -0.325 e. The maximum Gasteiger partial charge on any atom is 0.237 e. The molecular weight excluding hydrogens is 314 g/mol. The Morgan fingerprint density at radius 1 is 0.917 bits per heavy atom. The molecule has 0 aliphatic carbocycles. The van der Waals surface area contributed by atoms with Crippen LogP contribution in [0.4, 0.5) is 5.69 Å². The highest BCUT2D eigenvalue weighted by Crippen LogP contribution is 2.27. The van der Waals surface area contributed by atoms with Crippen LogP contribution in [0.2, 0.25) is 0 Å². The van der Waals surface area contributed by atoms with Gasteiger partial charge in [0.25, 0.3) is 0 Å². The van der Waals surface area contributed by atoms with Crippen LogP contribution in [0.15, 0.2) is 78.9 Å². The van der Waals surface area contributed by atoms with Crippen LogP contribution < -0.4 is 5.32 Å². The van der Waals surface area contributed by atoms with E-state index in [1.165, 1.54) is 0 Å². The molecule has 1 unspecified atom stereocenters. The van der Waals surface area contributed by atoms with Gasteiger partial charge in [0.2, 0.25) is 5.91 Å². The lowest BCUT2D eigenvalue weighted by Crippen LogP contribution is -2.23. The van der Waals surface area contributed by atoms with Crippen LogP contribution in [-0.4, -0.2) is 11.2 Å². The van der Waals surface area contributed by atoms with Crippen molar-refractivity contribution in [1.29, 1.82) is 0 Å². The number of para-hydroxylation sites is 1. The highest BCUT2D eigenvalue weighted by atomic mass is 32.1. The molecule has 0 radical (unpaired) electrons. The largest absolute Gasteiger partial charge is 0.325 e. The molecule has 0 aliphatic rings. The third-order valence-electron chi connectivity index (χ3n) is 3.58. The Morgan fingerprint density at radius 3 is 2.08 bits per heavy atom. The van der Waals surface area contributed by atoms with Crippen LogP contribution in [0, 0.1) is 0 Å². The van der Waals surface area contributed by atoms with Crippen LogP contribution >= 0.6 is 12.6 Å². The zero-order chi connectivity index (χ0) is 17.2. The second-order valence-corrected chi connectivity index (χ2v) is 6.10. The molecule has 0 heterocycles. The molecule has 0 saturated carbocycles. The number of nitrogens with one attached hydrogen (secondary N) is 1. The second kappa shape index (κ2) is 9.78. The number of anilines is 1. The summed E-state index contributed by atoms with van der Waals surface area (Å²) in [4.78, 5) is 12.3. The SMILES string of the molecule is CCCC(S)C(=O)Nc1ccccc1-c1ccccccccc1. The van der Waals surface area contributed by atoms with Crippen LogP contribution in [0.3, 0.4) is 0 Å². The Hall–Kier alpha value is -2.26. The smallest absolute Gasteiger partial charge is 0.237 e. The molecule has 2 aromatic rings. The summed E-state index contributed by atoms with van der Waals surface area (Å²) in [5, 5.41) is 2.72. The number of carbonyl (C=O) groups excluding carboxylic acids is 1. The van der Waals surface area contributed by atoms with Crippen molar-refractivity contribution in [3.8, 4) is 11.1 Å². The predicted molar refractivity (Wildman–Crippen MR) is 106 cm³/mol. The van der Waals surface area contributed by atoms with E-state index in [2.05, 4.69) is 24.9 Å². The molecule has 0 bridgehead atoms. The zero-order valence-corrected chi connectivity index (χ0v) is 14.7. The fraction of sp³-hybridized carbons (Fsp3) is 0.190. The molecular formula is C21H23NOS. The molecule has 0 fully saturated rings. The molecule has 2 rings (SSSR count). The second-order valence-electron chi connectivity index (χ2n) is 5.48. The van der Waals surface area contributed by atoms with Crippen LogP contribution in [0.5, 0.6) is 0 Å². The Labute approximate surface area is 149 Å². The van der Waals surface area contributed by atoms with Gasteiger partial charge in [-0.3, -0.25) is 4.79 Å². The summed E-state index contributed by atoms with van der Waals surface area (Å²) in [5.74, 6) is -0.0598. The van der Waals surface area contributed by atoms with Crippen LogP contribution in [-0.2, 0) is 4.79 Å². The number of thiol groups is 1. The number of benzene rings is 1. The van der Waals surface area contributed by atoms with Gasteiger partial charge >= 0.3 is 0 Å². The highest BCUT2D eigenvalue weighted by Gasteiger charge is 2.14. The molecule has 124 valence electrons. The first-order chi connectivity index (χ1) is 11.7. The lowest BCUT2D eigenvalue weighted by atomic mass is 10.0. The van der Waals surface area contributed by atoms with Crippen molar-refractivity contribution in [1.82, 2.24) is 0 Å². The van der Waals surface area contributed by atoms with E-state index in [-0.39, 0.29) is 11.2 Å². The summed E-state index contributed by atoms with van der Waals surface area (Å²) >= 11 is 4.39. The first-order valence-corrected chi connectivity index (χ1v) is 8.70. The number of carbonyl (C=O) groups is 1. The maximum absolute atomic E-state index is 12.3. The molecule has 24 heavy (non-hydrogen) atoms. The van der Waals surface area contributed by atoms with E-state index in [9.17, 15) is 4.79 Å². The summed E-state index contributed by atoms with van der Waals surface area (Å²) in [7, 11) is 0. The van der Waals surface area contributed by atoms with Gasteiger partial charge in [0, 0.05) is 11.3 Å². The molecule has 2 nitrogen and oxygen atoms in total. The van der Waals surface area contributed by atoms with Crippen LogP contribution in [0.25, 0.3) is 11.1 Å². The molecule has 0 aliphatic heterocycles. The maximum atomic E-state index is 12.3. The number of hydrogen-bond donors (Lipinski definition) is 2. The minimum atomic E-state index is -0.287. The first-order valence-electron chi connectivity index (χ1n) is 8.19. The Morgan fingerprint density at radius 2 is 1.46 bits per heavy atom. The van der Waals surface area contributed by atoms with Gasteiger partial charge in [-0.2, -0.15) is 12.6 Å². The van der Waals surface area contributed by atoms with Gasteiger partial charge in [0.15, 0.2) is 0 Å². The topological polar surface area (TPSA) is 29.1 Å². The van der Waals surface area contributed by atoms with Gasteiger partial charge in [0.05, 0.1) is 5.25 Å². The van der Waals surface area contributed by atoms with Crippen molar-refractivity contribution in [2.75, 3.05) is 5.32 Å². The van der Waals surface area contributed by atoms with E-state index in [4.69, 9.17) is 0 Å². The molecule has 2 aromatic carbocycles. The summed E-state index contributed by atoms with van der Waals surface area (Å²) in [6.07, 6.45) is 1.70. The van der Waals surface area contributed by atoms with Crippen molar-refractivity contribution in [3.63, 3.8) is 0 Å². The number of rotatable bonds is 5. The summed E-state index contributed by atoms with van der Waals surface area (Å²) in [6, 6.07) is 25.8. The fourth-order valence-electron chi connectivity index (χ4n) is 2.34. The Bertz CT molecular complexity index is 703. The lowest BCUT2D eigenvalue weighted by Gasteiger charge is -2.14. The highest BCUT2D eigenvalue weighted by molar-refractivity contribution is 7.81. The lowest BCUT2D eigenvalue weighted by molar-refractivity contribution is -0.115. The van der Waals surface area contributed by atoms with Crippen molar-refractivity contribution < 1.29 is 4.79 Å². The molecule has 1 amide bonds. The monoisotopic (exact) mass is 337 g/mol. The van der Waals surface area contributed by atoms with Crippen molar-refractivity contribution >= 4 is 24.2 Å². The van der Waals surface area contributed by atoms with E-state index in [1.54, 1.807) is 0 Å². The molecule has 3 heteroatoms. The Balaban J connectivity index is 2.37. The minimum absolute atomic E-state index is 0.0598. The van der Waals surface area contributed by atoms with Gasteiger partial charge in [-0.25, -0.2) is 0 Å². The summed E-state index contributed by atoms with van der Waals surface area (Å²) in [6.45, 7) is 2.05. The van der Waals surface area contributed by atoms with Gasteiger partial charge in [-0.1, -0.05) is 86.1 Å². The first kappa shape index (κ1) is 18.1. The third-order valence-corrected chi connectivity index (χ3v) is 4.07. The zero-order valence-electron chi connectivity index (χ0n) is 13.9. The van der Waals surface area contributed by atoms with Gasteiger partial charge in [0.1, 0.15) is 0 Å². The van der Waals surface area contributed by atoms with Crippen LogP contribution in [0.1, 0.15) is 19.8 Å². The van der Waals surface area contributed by atoms with E-state index in [1.807, 2.05) is 78.9 Å². The van der Waals surface area contributed by atoms with Crippen molar-refractivity contribution in [3.05, 3.63) is 78.9 Å². The average Bonchev–Trinajstić information content (AvgIpc) is 2.60. The average molecular weight is 337 g/mol. The molecule has 1 atom stereocenters. The molecule has 1 N–H and O–H groups in total. The number of amides is 1. The standard InChI is InChI=1S/C21H23NOS/c1-2-12-20(24)21(23)22-19-16-11-10-15-18(19)17-13-8-6-4-3-5-7-9-14-17/h3-11,13-16,20,24H,2,12H2,1H3,(H,22,23). The summed E-state index contributed by atoms with van der Waals surface area (Å²) in [5.41, 5.74) is 2.83.